The molecule has 1 aliphatic rings. The summed E-state index contributed by atoms with van der Waals surface area (Å²) in [7, 11) is 0. The fraction of sp³-hybridized carbons (Fsp3) is 0.318. The van der Waals surface area contributed by atoms with Crippen LogP contribution in [0.3, 0.4) is 0 Å². The van der Waals surface area contributed by atoms with Gasteiger partial charge >= 0.3 is 0 Å². The maximum absolute atomic E-state index is 13.2. The van der Waals surface area contributed by atoms with Gasteiger partial charge in [-0.3, -0.25) is 4.79 Å². The number of benzene rings is 1. The Morgan fingerprint density at radius 2 is 1.97 bits per heavy atom. The lowest BCUT2D eigenvalue weighted by Gasteiger charge is -2.34. The number of piperazine rings is 1. The number of hydrogen-bond donors (Lipinski definition) is 1. The van der Waals surface area contributed by atoms with Crippen molar-refractivity contribution < 1.29 is 9.53 Å². The largest absolute Gasteiger partial charge is 0.456 e. The second-order valence-corrected chi connectivity index (χ2v) is 7.98. The van der Waals surface area contributed by atoms with Crippen molar-refractivity contribution >= 4 is 28.2 Å². The molecule has 1 aromatic carbocycles. The van der Waals surface area contributed by atoms with Gasteiger partial charge in [-0.05, 0) is 25.6 Å². The molecule has 1 N–H and O–H groups in total. The quantitative estimate of drug-likeness (QED) is 0.642. The highest BCUT2D eigenvalue weighted by molar-refractivity contribution is 7.13. The molecule has 1 amide bonds. The van der Waals surface area contributed by atoms with E-state index in [2.05, 4.69) is 27.1 Å². The molecule has 3 aromatic rings. The van der Waals surface area contributed by atoms with Gasteiger partial charge < -0.3 is 19.9 Å². The van der Waals surface area contributed by atoms with Crippen molar-refractivity contribution in [1.29, 1.82) is 0 Å². The number of amides is 1. The number of ether oxygens (including phenoxy) is 1. The van der Waals surface area contributed by atoms with Gasteiger partial charge in [0.05, 0.1) is 5.69 Å². The van der Waals surface area contributed by atoms with Crippen LogP contribution in [-0.2, 0) is 0 Å². The highest BCUT2D eigenvalue weighted by Crippen LogP contribution is 2.30. The number of carbonyl (C=O) groups is 1. The van der Waals surface area contributed by atoms with E-state index in [1.54, 1.807) is 12.3 Å². The van der Waals surface area contributed by atoms with E-state index in [0.29, 0.717) is 36.0 Å². The Labute approximate surface area is 180 Å². The van der Waals surface area contributed by atoms with E-state index in [-0.39, 0.29) is 5.91 Å². The summed E-state index contributed by atoms with van der Waals surface area (Å²) in [5, 5.41) is 5.91. The smallest absolute Gasteiger partial charge is 0.259 e. The second-order valence-electron chi connectivity index (χ2n) is 7.13. The van der Waals surface area contributed by atoms with E-state index in [9.17, 15) is 4.79 Å². The molecule has 0 unspecified atom stereocenters. The summed E-state index contributed by atoms with van der Waals surface area (Å²) in [6.45, 7) is 8.26. The Morgan fingerprint density at radius 1 is 1.20 bits per heavy atom. The van der Waals surface area contributed by atoms with Crippen LogP contribution in [0.25, 0.3) is 0 Å². The van der Waals surface area contributed by atoms with E-state index in [4.69, 9.17) is 4.74 Å². The molecule has 1 saturated heterocycles. The summed E-state index contributed by atoms with van der Waals surface area (Å²) in [6.07, 6.45) is 1.59. The standard InChI is InChI=1S/C22H25N5O2S/c1-3-26-9-11-27(12-10-26)21(28)18-14-23-20(25-22-24-16(2)15-30-22)13-19(18)29-17-7-5-4-6-8-17/h4-8,13-15H,3,9-12H2,1-2H3,(H,23,24,25). The molecule has 0 atom stereocenters. The molecule has 3 heterocycles. The van der Waals surface area contributed by atoms with Gasteiger partial charge in [0, 0.05) is 43.8 Å². The lowest BCUT2D eigenvalue weighted by molar-refractivity contribution is 0.0640. The van der Waals surface area contributed by atoms with Gasteiger partial charge in [-0.25, -0.2) is 9.97 Å². The number of carbonyl (C=O) groups excluding carboxylic acids is 1. The van der Waals surface area contributed by atoms with E-state index in [1.807, 2.05) is 47.5 Å². The van der Waals surface area contributed by atoms with E-state index < -0.39 is 0 Å². The third-order valence-corrected chi connectivity index (χ3v) is 5.90. The molecule has 2 aromatic heterocycles. The first-order chi connectivity index (χ1) is 14.6. The topological polar surface area (TPSA) is 70.6 Å². The number of likely N-dealkylation sites (N-methyl/N-ethyl adjacent to an activating group) is 1. The molecule has 1 fully saturated rings. The number of para-hydroxylation sites is 1. The molecular weight excluding hydrogens is 398 g/mol. The molecule has 8 heteroatoms. The molecular formula is C22H25N5O2S. The van der Waals surface area contributed by atoms with Crippen LogP contribution < -0.4 is 10.1 Å². The highest BCUT2D eigenvalue weighted by atomic mass is 32.1. The van der Waals surface area contributed by atoms with Gasteiger partial charge in [0.1, 0.15) is 22.9 Å². The normalized spacial score (nSPS) is 14.5. The van der Waals surface area contributed by atoms with Crippen molar-refractivity contribution in [3.05, 3.63) is 59.2 Å². The van der Waals surface area contributed by atoms with Gasteiger partial charge in [-0.2, -0.15) is 0 Å². The van der Waals surface area contributed by atoms with E-state index in [0.717, 1.165) is 30.5 Å². The van der Waals surface area contributed by atoms with Crippen LogP contribution in [0.4, 0.5) is 10.9 Å². The predicted octanol–water partition coefficient (Wildman–Crippen LogP) is 4.16. The van der Waals surface area contributed by atoms with Crippen LogP contribution >= 0.6 is 11.3 Å². The summed E-state index contributed by atoms with van der Waals surface area (Å²) in [5.74, 6) is 1.68. The molecule has 4 rings (SSSR count). The maximum atomic E-state index is 13.2. The summed E-state index contributed by atoms with van der Waals surface area (Å²) in [6, 6.07) is 11.2. The molecule has 156 valence electrons. The monoisotopic (exact) mass is 423 g/mol. The summed E-state index contributed by atoms with van der Waals surface area (Å²) in [4.78, 5) is 26.3. The first kappa shape index (κ1) is 20.3. The van der Waals surface area contributed by atoms with Gasteiger partial charge in [-0.1, -0.05) is 25.1 Å². The zero-order valence-corrected chi connectivity index (χ0v) is 18.0. The fourth-order valence-electron chi connectivity index (χ4n) is 3.32. The Balaban J connectivity index is 1.60. The number of nitrogens with zero attached hydrogens (tertiary/aromatic N) is 4. The minimum atomic E-state index is -0.0548. The van der Waals surface area contributed by atoms with Gasteiger partial charge in [0.15, 0.2) is 5.13 Å². The maximum Gasteiger partial charge on any atom is 0.259 e. The summed E-state index contributed by atoms with van der Waals surface area (Å²) in [5.41, 5.74) is 1.41. The molecule has 0 aliphatic carbocycles. The fourth-order valence-corrected chi connectivity index (χ4v) is 4.02. The SMILES string of the molecule is CCN1CCN(C(=O)c2cnc(Nc3nc(C)cs3)cc2Oc2ccccc2)CC1. The zero-order valence-electron chi connectivity index (χ0n) is 17.2. The molecule has 7 nitrogen and oxygen atoms in total. The number of nitrogens with one attached hydrogen (secondary N) is 1. The molecule has 1 aliphatic heterocycles. The van der Waals surface area contributed by atoms with Crippen LogP contribution in [0.5, 0.6) is 11.5 Å². The van der Waals surface area contributed by atoms with Crippen molar-refractivity contribution in [3.63, 3.8) is 0 Å². The van der Waals surface area contributed by atoms with Crippen LogP contribution in [0.1, 0.15) is 23.0 Å². The second kappa shape index (κ2) is 9.23. The summed E-state index contributed by atoms with van der Waals surface area (Å²) < 4.78 is 6.09. The molecule has 30 heavy (non-hydrogen) atoms. The minimum absolute atomic E-state index is 0.0548. The number of anilines is 2. The van der Waals surface area contributed by atoms with E-state index >= 15 is 0 Å². The average molecular weight is 424 g/mol. The van der Waals surface area contributed by atoms with Crippen molar-refractivity contribution in [3.8, 4) is 11.5 Å². The lowest BCUT2D eigenvalue weighted by atomic mass is 10.2. The highest BCUT2D eigenvalue weighted by Gasteiger charge is 2.25. The number of pyridine rings is 1. The number of aromatic nitrogens is 2. The zero-order chi connectivity index (χ0) is 20.9. The van der Waals surface area contributed by atoms with E-state index in [1.165, 1.54) is 11.3 Å². The Kier molecular flexibility index (Phi) is 6.25. The van der Waals surface area contributed by atoms with Crippen molar-refractivity contribution in [2.24, 2.45) is 0 Å². The molecule has 0 radical (unpaired) electrons. The molecule has 0 bridgehead atoms. The van der Waals surface area contributed by atoms with Crippen LogP contribution in [0.15, 0.2) is 48.0 Å². The average Bonchev–Trinajstić information content (AvgIpc) is 3.19. The van der Waals surface area contributed by atoms with Crippen LogP contribution in [-0.4, -0.2) is 58.4 Å². The predicted molar refractivity (Wildman–Crippen MR) is 119 cm³/mol. The molecule has 0 saturated carbocycles. The number of hydrogen-bond acceptors (Lipinski definition) is 7. The Morgan fingerprint density at radius 3 is 2.63 bits per heavy atom. The van der Waals surface area contributed by atoms with Crippen molar-refractivity contribution in [1.82, 2.24) is 19.8 Å². The first-order valence-corrected chi connectivity index (χ1v) is 10.9. The van der Waals surface area contributed by atoms with Crippen LogP contribution in [0, 0.1) is 6.92 Å². The Bertz CT molecular complexity index is 1000. The van der Waals surface area contributed by atoms with Crippen molar-refractivity contribution in [2.75, 3.05) is 38.0 Å². The van der Waals surface area contributed by atoms with Gasteiger partial charge in [-0.15, -0.1) is 11.3 Å². The first-order valence-electron chi connectivity index (χ1n) is 10.1. The van der Waals surface area contributed by atoms with Gasteiger partial charge in [0.2, 0.25) is 0 Å². The number of rotatable bonds is 6. The van der Waals surface area contributed by atoms with Crippen LogP contribution in [0.2, 0.25) is 0 Å². The van der Waals surface area contributed by atoms with Gasteiger partial charge in [0.25, 0.3) is 5.91 Å². The summed E-state index contributed by atoms with van der Waals surface area (Å²) >= 11 is 1.51. The lowest BCUT2D eigenvalue weighted by Crippen LogP contribution is -2.48. The number of thiazole rings is 1. The Hall–Kier alpha value is -2.97. The minimum Gasteiger partial charge on any atom is -0.456 e. The number of aryl methyl sites for hydroxylation is 1. The van der Waals surface area contributed by atoms with Crippen molar-refractivity contribution in [2.45, 2.75) is 13.8 Å². The third kappa shape index (κ3) is 4.77. The molecule has 0 spiro atoms. The third-order valence-electron chi connectivity index (χ3n) is 5.03.